The van der Waals surface area contributed by atoms with Crippen LogP contribution in [0.25, 0.3) is 10.2 Å². The monoisotopic (exact) mass is 351 g/mol. The summed E-state index contributed by atoms with van der Waals surface area (Å²) in [5.41, 5.74) is 0. The molecule has 0 amide bonds. The van der Waals surface area contributed by atoms with Gasteiger partial charge in [-0.1, -0.05) is 6.92 Å². The Morgan fingerprint density at radius 3 is 2.92 bits per heavy atom. The summed E-state index contributed by atoms with van der Waals surface area (Å²) in [5, 5.41) is 23.8. The van der Waals surface area contributed by atoms with Gasteiger partial charge in [0.25, 0.3) is 0 Å². The lowest BCUT2D eigenvalue weighted by Crippen LogP contribution is -2.51. The molecule has 10 heteroatoms. The van der Waals surface area contributed by atoms with Crippen LogP contribution in [0, 0.1) is 10.1 Å². The molecule has 0 aromatic carbocycles. The molecule has 1 fully saturated rings. The van der Waals surface area contributed by atoms with Gasteiger partial charge < -0.3 is 10.4 Å². The molecular weight excluding hydrogens is 334 g/mol. The maximum atomic E-state index is 10.9. The molecule has 128 valence electrons. The van der Waals surface area contributed by atoms with Crippen molar-refractivity contribution < 1.29 is 14.8 Å². The van der Waals surface area contributed by atoms with Crippen LogP contribution in [-0.4, -0.2) is 56.0 Å². The second-order valence-electron chi connectivity index (χ2n) is 5.71. The van der Waals surface area contributed by atoms with Gasteiger partial charge in [0.1, 0.15) is 17.0 Å². The minimum Gasteiger partial charge on any atom is -0.480 e. The van der Waals surface area contributed by atoms with Gasteiger partial charge in [-0.05, 0) is 30.7 Å². The van der Waals surface area contributed by atoms with E-state index in [0.29, 0.717) is 22.6 Å². The third kappa shape index (κ3) is 3.29. The zero-order valence-electron chi connectivity index (χ0n) is 13.0. The number of nitrogens with zero attached hydrogens (tertiary/aromatic N) is 4. The first-order valence-corrected chi connectivity index (χ1v) is 8.41. The summed E-state index contributed by atoms with van der Waals surface area (Å²) in [6.07, 6.45) is 3.03. The first-order chi connectivity index (χ1) is 11.5. The van der Waals surface area contributed by atoms with Gasteiger partial charge in [-0.15, -0.1) is 0 Å². The highest BCUT2D eigenvalue weighted by atomic mass is 32.1. The number of hydrogen-bond donors (Lipinski definition) is 2. The Bertz CT molecular complexity index is 774. The van der Waals surface area contributed by atoms with Crippen molar-refractivity contribution in [3.05, 3.63) is 22.5 Å². The maximum Gasteiger partial charge on any atom is 0.326 e. The second-order valence-corrected chi connectivity index (χ2v) is 6.72. The molecular formula is C14H17N5O4S. The van der Waals surface area contributed by atoms with Crippen molar-refractivity contribution in [3.63, 3.8) is 0 Å². The van der Waals surface area contributed by atoms with E-state index in [4.69, 9.17) is 5.11 Å². The number of hydrogen-bond acceptors (Lipinski definition) is 8. The number of fused-ring (bicyclic) bond motifs is 1. The zero-order chi connectivity index (χ0) is 17.3. The van der Waals surface area contributed by atoms with Gasteiger partial charge in [-0.3, -0.25) is 19.8 Å². The number of carboxylic acid groups (broad SMARTS) is 1. The summed E-state index contributed by atoms with van der Waals surface area (Å²) >= 11 is 1.02. The highest BCUT2D eigenvalue weighted by molar-refractivity contribution is 7.21. The minimum absolute atomic E-state index is 0.0404. The predicted octanol–water partition coefficient (Wildman–Crippen LogP) is 1.95. The number of nitrogens with one attached hydrogen (secondary N) is 1. The Kier molecular flexibility index (Phi) is 4.58. The third-order valence-corrected chi connectivity index (χ3v) is 5.21. The molecule has 0 aliphatic heterocycles. The number of anilines is 1. The molecule has 2 N–H and O–H groups in total. The molecule has 2 aromatic heterocycles. The molecule has 1 saturated carbocycles. The van der Waals surface area contributed by atoms with E-state index in [2.05, 4.69) is 15.3 Å². The molecule has 0 spiro atoms. The number of thiophene rings is 1. The lowest BCUT2D eigenvalue weighted by Gasteiger charge is -2.42. The summed E-state index contributed by atoms with van der Waals surface area (Å²) in [7, 11) is 0. The first-order valence-electron chi connectivity index (χ1n) is 7.59. The fourth-order valence-corrected chi connectivity index (χ4v) is 3.73. The summed E-state index contributed by atoms with van der Waals surface area (Å²) in [4.78, 5) is 32.1. The number of nitro groups is 1. The topological polar surface area (TPSA) is 121 Å². The van der Waals surface area contributed by atoms with Crippen LogP contribution in [0.1, 0.15) is 19.8 Å². The van der Waals surface area contributed by atoms with Crippen LogP contribution in [0.5, 0.6) is 0 Å². The summed E-state index contributed by atoms with van der Waals surface area (Å²) < 4.78 is 0. The number of carboxylic acids is 1. The number of likely N-dealkylation sites (N-methyl/N-ethyl adjacent to an activating group) is 1. The van der Waals surface area contributed by atoms with Crippen molar-refractivity contribution in [1.29, 1.82) is 0 Å². The third-order valence-electron chi connectivity index (χ3n) is 4.21. The Morgan fingerprint density at radius 2 is 2.29 bits per heavy atom. The van der Waals surface area contributed by atoms with Crippen LogP contribution in [0.15, 0.2) is 12.4 Å². The maximum absolute atomic E-state index is 10.9. The van der Waals surface area contributed by atoms with Gasteiger partial charge in [-0.2, -0.15) is 0 Å². The van der Waals surface area contributed by atoms with Gasteiger partial charge in [0, 0.05) is 18.2 Å². The largest absolute Gasteiger partial charge is 0.480 e. The Labute approximate surface area is 141 Å². The molecule has 0 radical (unpaired) electrons. The predicted molar refractivity (Wildman–Crippen MR) is 89.4 cm³/mol. The van der Waals surface area contributed by atoms with Crippen molar-refractivity contribution in [1.82, 2.24) is 14.9 Å². The molecule has 0 unspecified atom stereocenters. The van der Waals surface area contributed by atoms with Crippen molar-refractivity contribution in [2.75, 3.05) is 18.4 Å². The normalized spacial score (nSPS) is 20.1. The summed E-state index contributed by atoms with van der Waals surface area (Å²) in [5.74, 6) is -0.231. The van der Waals surface area contributed by atoms with E-state index in [1.807, 2.05) is 11.8 Å². The highest BCUT2D eigenvalue weighted by Crippen LogP contribution is 2.35. The molecule has 2 heterocycles. The fourth-order valence-electron chi connectivity index (χ4n) is 2.92. The van der Waals surface area contributed by atoms with E-state index in [-0.39, 0.29) is 23.6 Å². The average molecular weight is 351 g/mol. The summed E-state index contributed by atoms with van der Waals surface area (Å²) in [6.45, 7) is 2.68. The number of aromatic nitrogens is 2. The van der Waals surface area contributed by atoms with Crippen molar-refractivity contribution in [3.8, 4) is 0 Å². The fraction of sp³-hybridized carbons (Fsp3) is 0.500. The molecule has 2 aromatic rings. The van der Waals surface area contributed by atoms with E-state index >= 15 is 0 Å². The molecule has 0 saturated heterocycles. The minimum atomic E-state index is -0.823. The van der Waals surface area contributed by atoms with Gasteiger partial charge in [0.2, 0.25) is 0 Å². The van der Waals surface area contributed by atoms with Gasteiger partial charge in [-0.25, -0.2) is 9.97 Å². The van der Waals surface area contributed by atoms with E-state index in [0.717, 1.165) is 24.2 Å². The molecule has 1 aliphatic rings. The van der Waals surface area contributed by atoms with Gasteiger partial charge >= 0.3 is 11.0 Å². The molecule has 9 nitrogen and oxygen atoms in total. The average Bonchev–Trinajstić information content (AvgIpc) is 2.93. The quantitative estimate of drug-likeness (QED) is 0.573. The Morgan fingerprint density at radius 1 is 1.54 bits per heavy atom. The number of aliphatic carboxylic acids is 1. The smallest absolute Gasteiger partial charge is 0.326 e. The van der Waals surface area contributed by atoms with Crippen LogP contribution in [-0.2, 0) is 4.79 Å². The van der Waals surface area contributed by atoms with Crippen LogP contribution < -0.4 is 5.32 Å². The Balaban J connectivity index is 1.67. The molecule has 0 atom stereocenters. The van der Waals surface area contributed by atoms with Crippen LogP contribution in [0.2, 0.25) is 0 Å². The standard InChI is InChI=1S/C14H17N5O4S/c1-2-18(6-12(20)21)9-3-8(4-9)17-13-10-5-11(19(22)23)24-14(10)16-7-15-13/h5,7-9H,2-4,6H2,1H3,(H,20,21)(H,15,16,17). The number of carbonyl (C=O) groups is 1. The zero-order valence-corrected chi connectivity index (χ0v) is 13.8. The summed E-state index contributed by atoms with van der Waals surface area (Å²) in [6, 6.07) is 1.90. The molecule has 1 aliphatic carbocycles. The van der Waals surface area contributed by atoms with E-state index in [1.165, 1.54) is 12.4 Å². The highest BCUT2D eigenvalue weighted by Gasteiger charge is 2.34. The van der Waals surface area contributed by atoms with Gasteiger partial charge in [0.05, 0.1) is 16.9 Å². The van der Waals surface area contributed by atoms with Crippen molar-refractivity contribution >= 4 is 38.3 Å². The van der Waals surface area contributed by atoms with Crippen molar-refractivity contribution in [2.45, 2.75) is 31.8 Å². The Hall–Kier alpha value is -2.33. The lowest BCUT2D eigenvalue weighted by atomic mass is 9.85. The number of rotatable bonds is 7. The second kappa shape index (κ2) is 6.65. The SMILES string of the molecule is CCN(CC(=O)O)C1CC(Nc2ncnc3sc([N+](=O)[O-])cc23)C1. The lowest BCUT2D eigenvalue weighted by molar-refractivity contribution is -0.380. The van der Waals surface area contributed by atoms with E-state index in [1.54, 1.807) is 0 Å². The van der Waals surface area contributed by atoms with Gasteiger partial charge in [0.15, 0.2) is 0 Å². The molecule has 3 rings (SSSR count). The first kappa shape index (κ1) is 16.5. The van der Waals surface area contributed by atoms with E-state index in [9.17, 15) is 14.9 Å². The van der Waals surface area contributed by atoms with Crippen LogP contribution in [0.3, 0.4) is 0 Å². The van der Waals surface area contributed by atoms with Crippen LogP contribution in [0.4, 0.5) is 10.8 Å². The molecule has 24 heavy (non-hydrogen) atoms. The van der Waals surface area contributed by atoms with Crippen molar-refractivity contribution in [2.24, 2.45) is 0 Å². The molecule has 0 bridgehead atoms. The van der Waals surface area contributed by atoms with E-state index < -0.39 is 10.9 Å². The van der Waals surface area contributed by atoms with Crippen LogP contribution >= 0.6 is 11.3 Å².